The quantitative estimate of drug-likeness (QED) is 0.383. The average molecular weight is 489 g/mol. The number of thioether (sulfide) groups is 1. The van der Waals surface area contributed by atoms with Crippen molar-refractivity contribution in [3.05, 3.63) is 63.7 Å². The minimum atomic E-state index is -0.250. The molecule has 2 aromatic carbocycles. The first-order valence-electron chi connectivity index (χ1n) is 10.9. The van der Waals surface area contributed by atoms with Crippen molar-refractivity contribution in [2.75, 3.05) is 36.8 Å². The molecule has 1 aliphatic heterocycles. The normalized spacial score (nSPS) is 14.3. The van der Waals surface area contributed by atoms with Crippen LogP contribution in [0.3, 0.4) is 0 Å². The number of carbonyl (C=O) groups excluding carboxylic acids is 1. The Kier molecular flexibility index (Phi) is 7.24. The third-order valence-electron chi connectivity index (χ3n) is 5.58. The Labute approximate surface area is 201 Å². The molecule has 0 spiro atoms. The van der Waals surface area contributed by atoms with Crippen molar-refractivity contribution in [2.45, 2.75) is 25.5 Å². The maximum atomic E-state index is 14.1. The van der Waals surface area contributed by atoms with Crippen molar-refractivity contribution in [1.29, 1.82) is 0 Å². The van der Waals surface area contributed by atoms with Crippen LogP contribution in [0.1, 0.15) is 13.8 Å². The molecule has 9 heteroatoms. The van der Waals surface area contributed by atoms with Gasteiger partial charge in [0, 0.05) is 37.7 Å². The number of rotatable bonds is 6. The second kappa shape index (κ2) is 10.1. The van der Waals surface area contributed by atoms with Crippen LogP contribution in [-0.2, 0) is 11.3 Å². The van der Waals surface area contributed by atoms with Gasteiger partial charge < -0.3 is 9.80 Å². The van der Waals surface area contributed by atoms with E-state index in [0.29, 0.717) is 59.5 Å². The van der Waals surface area contributed by atoms with Crippen LogP contribution in [-0.4, -0.2) is 52.3 Å². The highest BCUT2D eigenvalue weighted by Gasteiger charge is 2.23. The highest BCUT2D eigenvalue weighted by Crippen LogP contribution is 2.23. The molecule has 2 heterocycles. The summed E-state index contributed by atoms with van der Waals surface area (Å²) < 4.78 is 15.7. The van der Waals surface area contributed by atoms with Crippen molar-refractivity contribution < 1.29 is 9.18 Å². The Hall–Kier alpha value is -2.58. The number of nitrogens with zero attached hydrogens (tertiary/aromatic N) is 4. The van der Waals surface area contributed by atoms with E-state index in [-0.39, 0.29) is 29.0 Å². The molecule has 1 amide bonds. The average Bonchev–Trinajstić information content (AvgIpc) is 2.80. The van der Waals surface area contributed by atoms with Gasteiger partial charge in [0.15, 0.2) is 5.16 Å². The van der Waals surface area contributed by atoms with Crippen molar-refractivity contribution in [1.82, 2.24) is 14.5 Å². The van der Waals surface area contributed by atoms with Gasteiger partial charge in [-0.1, -0.05) is 49.3 Å². The molecule has 174 valence electrons. The van der Waals surface area contributed by atoms with Gasteiger partial charge >= 0.3 is 0 Å². The number of anilines is 1. The summed E-state index contributed by atoms with van der Waals surface area (Å²) in [5.41, 5.74) is 0.986. The van der Waals surface area contributed by atoms with E-state index in [2.05, 4.69) is 4.98 Å². The topological polar surface area (TPSA) is 58.4 Å². The van der Waals surface area contributed by atoms with Crippen LogP contribution in [0.2, 0.25) is 5.02 Å². The van der Waals surface area contributed by atoms with Gasteiger partial charge in [-0.15, -0.1) is 0 Å². The fraction of sp³-hybridized carbons (Fsp3) is 0.375. The predicted octanol–water partition coefficient (Wildman–Crippen LogP) is 4.29. The zero-order valence-electron chi connectivity index (χ0n) is 18.6. The Balaban J connectivity index is 1.46. The molecule has 0 atom stereocenters. The summed E-state index contributed by atoms with van der Waals surface area (Å²) in [6, 6.07) is 11.8. The smallest absolute Gasteiger partial charge is 0.262 e. The number of benzene rings is 2. The van der Waals surface area contributed by atoms with E-state index in [1.807, 2.05) is 24.8 Å². The summed E-state index contributed by atoms with van der Waals surface area (Å²) in [6.45, 7) is 6.76. The van der Waals surface area contributed by atoms with Gasteiger partial charge in [-0.05, 0) is 36.2 Å². The number of fused-ring (bicyclic) bond motifs is 1. The minimum absolute atomic E-state index is 0.0188. The van der Waals surface area contributed by atoms with Crippen molar-refractivity contribution in [3.8, 4) is 0 Å². The first kappa shape index (κ1) is 23.6. The van der Waals surface area contributed by atoms with Crippen LogP contribution in [0.15, 0.2) is 52.4 Å². The maximum absolute atomic E-state index is 14.1. The molecule has 1 fully saturated rings. The molecule has 6 nitrogen and oxygen atoms in total. The molecule has 0 aliphatic carbocycles. The SMILES string of the molecule is CC(C)Cn1c(SCC(=O)N2CCN(c3ccccc3F)CC2)nc2ccc(Cl)cc2c1=O. The zero-order valence-corrected chi connectivity index (χ0v) is 20.2. The molecule has 0 radical (unpaired) electrons. The standard InChI is InChI=1S/C24H26ClFN4O2S/c1-16(2)14-30-23(32)18-13-17(25)7-8-20(18)27-24(30)33-15-22(31)29-11-9-28(10-12-29)21-6-4-3-5-19(21)26/h3-8,13,16H,9-12,14-15H2,1-2H3. The van der Waals surface area contributed by atoms with E-state index in [9.17, 15) is 14.0 Å². The number of aromatic nitrogens is 2. The fourth-order valence-corrected chi connectivity index (χ4v) is 5.02. The van der Waals surface area contributed by atoms with E-state index in [4.69, 9.17) is 11.6 Å². The number of para-hydroxylation sites is 1. The zero-order chi connectivity index (χ0) is 23.5. The molecular formula is C24H26ClFN4O2S. The van der Waals surface area contributed by atoms with Crippen LogP contribution in [0.25, 0.3) is 10.9 Å². The molecule has 1 aliphatic rings. The summed E-state index contributed by atoms with van der Waals surface area (Å²) in [7, 11) is 0. The Morgan fingerprint density at radius 2 is 1.88 bits per heavy atom. The molecule has 3 aromatic rings. The summed E-state index contributed by atoms with van der Waals surface area (Å²) in [4.78, 5) is 34.4. The van der Waals surface area contributed by atoms with E-state index in [1.165, 1.54) is 17.8 Å². The van der Waals surface area contributed by atoms with Crippen molar-refractivity contribution in [3.63, 3.8) is 0 Å². The van der Waals surface area contributed by atoms with E-state index in [0.717, 1.165) is 0 Å². The van der Waals surface area contributed by atoms with Crippen LogP contribution in [0.4, 0.5) is 10.1 Å². The first-order valence-corrected chi connectivity index (χ1v) is 12.3. The Bertz CT molecular complexity index is 1220. The summed E-state index contributed by atoms with van der Waals surface area (Å²) in [5, 5.41) is 1.49. The lowest BCUT2D eigenvalue weighted by Crippen LogP contribution is -2.49. The van der Waals surface area contributed by atoms with Gasteiger partial charge in [0.1, 0.15) is 5.82 Å². The molecule has 0 unspecified atom stereocenters. The molecule has 0 saturated carbocycles. The second-order valence-electron chi connectivity index (χ2n) is 8.47. The molecule has 0 bridgehead atoms. The van der Waals surface area contributed by atoms with Crippen molar-refractivity contribution >= 4 is 45.9 Å². The molecule has 33 heavy (non-hydrogen) atoms. The molecule has 1 saturated heterocycles. The number of hydrogen-bond donors (Lipinski definition) is 0. The third-order valence-corrected chi connectivity index (χ3v) is 6.78. The van der Waals surface area contributed by atoms with E-state index >= 15 is 0 Å². The highest BCUT2D eigenvalue weighted by molar-refractivity contribution is 7.99. The Morgan fingerprint density at radius 3 is 2.58 bits per heavy atom. The largest absolute Gasteiger partial charge is 0.366 e. The lowest BCUT2D eigenvalue weighted by Gasteiger charge is -2.36. The third kappa shape index (κ3) is 5.33. The van der Waals surface area contributed by atoms with Gasteiger partial charge in [-0.2, -0.15) is 0 Å². The fourth-order valence-electron chi connectivity index (χ4n) is 3.93. The molecule has 4 rings (SSSR count). The van der Waals surface area contributed by atoms with Gasteiger partial charge in [0.25, 0.3) is 5.56 Å². The summed E-state index contributed by atoms with van der Waals surface area (Å²) >= 11 is 7.36. The lowest BCUT2D eigenvalue weighted by atomic mass is 10.2. The predicted molar refractivity (Wildman–Crippen MR) is 132 cm³/mol. The van der Waals surface area contributed by atoms with E-state index < -0.39 is 0 Å². The number of carbonyl (C=O) groups is 1. The van der Waals surface area contributed by atoms with Gasteiger partial charge in [-0.25, -0.2) is 9.37 Å². The number of hydrogen-bond acceptors (Lipinski definition) is 5. The van der Waals surface area contributed by atoms with E-state index in [1.54, 1.807) is 39.8 Å². The van der Waals surface area contributed by atoms with Crippen LogP contribution >= 0.6 is 23.4 Å². The first-order chi connectivity index (χ1) is 15.8. The Morgan fingerprint density at radius 1 is 1.15 bits per heavy atom. The highest BCUT2D eigenvalue weighted by atomic mass is 35.5. The lowest BCUT2D eigenvalue weighted by molar-refractivity contribution is -0.128. The number of amides is 1. The van der Waals surface area contributed by atoms with Crippen LogP contribution in [0.5, 0.6) is 0 Å². The van der Waals surface area contributed by atoms with Gasteiger partial charge in [0.2, 0.25) is 5.91 Å². The van der Waals surface area contributed by atoms with Crippen LogP contribution < -0.4 is 10.5 Å². The monoisotopic (exact) mass is 488 g/mol. The number of piperazine rings is 1. The summed E-state index contributed by atoms with van der Waals surface area (Å²) in [6.07, 6.45) is 0. The minimum Gasteiger partial charge on any atom is -0.366 e. The molecular weight excluding hydrogens is 463 g/mol. The molecule has 1 aromatic heterocycles. The number of halogens is 2. The maximum Gasteiger partial charge on any atom is 0.262 e. The summed E-state index contributed by atoms with van der Waals surface area (Å²) in [5.74, 6) is 0.153. The van der Waals surface area contributed by atoms with Gasteiger partial charge in [0.05, 0.1) is 22.3 Å². The van der Waals surface area contributed by atoms with Crippen LogP contribution in [0, 0.1) is 11.7 Å². The second-order valence-corrected chi connectivity index (χ2v) is 9.85. The van der Waals surface area contributed by atoms with Crippen molar-refractivity contribution in [2.24, 2.45) is 5.92 Å². The van der Waals surface area contributed by atoms with Gasteiger partial charge in [-0.3, -0.25) is 14.2 Å². The molecule has 0 N–H and O–H groups in total.